The molecule has 1 aromatic carbocycles. The molecule has 0 radical (unpaired) electrons. The van der Waals surface area contributed by atoms with Crippen molar-refractivity contribution in [1.29, 1.82) is 0 Å². The van der Waals surface area contributed by atoms with Crippen molar-refractivity contribution in [2.45, 2.75) is 44.4 Å². The summed E-state index contributed by atoms with van der Waals surface area (Å²) in [6, 6.07) is 5.58. The zero-order chi connectivity index (χ0) is 15.0. The van der Waals surface area contributed by atoms with Gasteiger partial charge in [0, 0.05) is 15.3 Å². The van der Waals surface area contributed by atoms with Gasteiger partial charge in [-0.3, -0.25) is 0 Å². The van der Waals surface area contributed by atoms with Crippen LogP contribution in [0.1, 0.15) is 38.2 Å². The van der Waals surface area contributed by atoms with Gasteiger partial charge in [-0.1, -0.05) is 49.5 Å². The summed E-state index contributed by atoms with van der Waals surface area (Å²) in [7, 11) is -3.08. The third kappa shape index (κ3) is 6.82. The van der Waals surface area contributed by atoms with Crippen LogP contribution in [-0.2, 0) is 9.84 Å². The first-order valence-corrected chi connectivity index (χ1v) is 9.74. The van der Waals surface area contributed by atoms with Crippen LogP contribution in [0.25, 0.3) is 0 Å². The lowest BCUT2D eigenvalue weighted by Gasteiger charge is -2.02. The third-order valence-corrected chi connectivity index (χ3v) is 5.68. The van der Waals surface area contributed by atoms with E-state index in [1.54, 1.807) is 5.41 Å². The van der Waals surface area contributed by atoms with Crippen molar-refractivity contribution in [3.8, 4) is 0 Å². The maximum absolute atomic E-state index is 11.8. The molecule has 0 aliphatic carbocycles. The number of hydrogen-bond acceptors (Lipinski definition) is 3. The molecule has 0 N–H and O–H groups in total. The Morgan fingerprint density at radius 2 is 2.00 bits per heavy atom. The molecule has 0 fully saturated rings. The van der Waals surface area contributed by atoms with E-state index in [0.717, 1.165) is 36.1 Å². The third-order valence-electron chi connectivity index (χ3n) is 2.88. The first kappa shape index (κ1) is 17.6. The molecule has 0 aromatic heterocycles. The molecule has 2 nitrogen and oxygen atoms in total. The standard InChI is InChI=1S/C15H21ClO2S2/c1-3-4-5-6-10-20(17,18)11-9-19-15-8-7-14(16)12-13(15)2/h7-9,11-12H,3-6,10H2,1-2H3/b11-9+. The number of hydrogen-bond donors (Lipinski definition) is 0. The molecule has 5 heteroatoms. The molecule has 1 aromatic rings. The summed E-state index contributed by atoms with van der Waals surface area (Å²) in [6.45, 7) is 4.07. The van der Waals surface area contributed by atoms with Crippen LogP contribution in [0, 0.1) is 6.92 Å². The van der Waals surface area contributed by atoms with Gasteiger partial charge >= 0.3 is 0 Å². The minimum atomic E-state index is -3.08. The Morgan fingerprint density at radius 3 is 2.65 bits per heavy atom. The molecule has 0 aliphatic heterocycles. The van der Waals surface area contributed by atoms with Crippen molar-refractivity contribution in [3.63, 3.8) is 0 Å². The van der Waals surface area contributed by atoms with Gasteiger partial charge < -0.3 is 0 Å². The van der Waals surface area contributed by atoms with Gasteiger partial charge in [-0.25, -0.2) is 8.42 Å². The lowest BCUT2D eigenvalue weighted by Crippen LogP contribution is -2.01. The normalized spacial score (nSPS) is 12.2. The van der Waals surface area contributed by atoms with Crippen LogP contribution >= 0.6 is 23.4 Å². The molecule has 20 heavy (non-hydrogen) atoms. The molecule has 1 rings (SSSR count). The van der Waals surface area contributed by atoms with Gasteiger partial charge in [-0.15, -0.1) is 0 Å². The molecule has 0 aliphatic rings. The summed E-state index contributed by atoms with van der Waals surface area (Å²) in [5, 5.41) is 3.66. The van der Waals surface area contributed by atoms with Gasteiger partial charge in [-0.05, 0) is 42.5 Å². The number of rotatable bonds is 8. The fourth-order valence-corrected chi connectivity index (χ4v) is 4.14. The molecule has 112 valence electrons. The van der Waals surface area contributed by atoms with Crippen LogP contribution in [0.4, 0.5) is 0 Å². The fraction of sp³-hybridized carbons (Fsp3) is 0.467. The van der Waals surface area contributed by atoms with Crippen molar-refractivity contribution in [1.82, 2.24) is 0 Å². The summed E-state index contributed by atoms with van der Waals surface area (Å²) in [4.78, 5) is 1.02. The van der Waals surface area contributed by atoms with Gasteiger partial charge in [0.1, 0.15) is 0 Å². The molecule has 0 saturated carbocycles. The number of thioether (sulfide) groups is 1. The van der Waals surface area contributed by atoms with Crippen LogP contribution in [0.5, 0.6) is 0 Å². The van der Waals surface area contributed by atoms with Gasteiger partial charge in [-0.2, -0.15) is 0 Å². The van der Waals surface area contributed by atoms with Crippen LogP contribution in [-0.4, -0.2) is 14.2 Å². The van der Waals surface area contributed by atoms with Crippen molar-refractivity contribution >= 4 is 33.2 Å². The second-order valence-electron chi connectivity index (χ2n) is 4.73. The Balaban J connectivity index is 2.50. The highest BCUT2D eigenvalue weighted by molar-refractivity contribution is 8.03. The van der Waals surface area contributed by atoms with E-state index in [1.165, 1.54) is 17.2 Å². The van der Waals surface area contributed by atoms with E-state index in [2.05, 4.69) is 6.92 Å². The number of sulfone groups is 1. The first-order chi connectivity index (χ1) is 9.44. The number of benzene rings is 1. The van der Waals surface area contributed by atoms with Crippen molar-refractivity contribution in [2.24, 2.45) is 0 Å². The topological polar surface area (TPSA) is 34.1 Å². The number of unbranched alkanes of at least 4 members (excludes halogenated alkanes) is 3. The van der Waals surface area contributed by atoms with E-state index in [4.69, 9.17) is 11.6 Å². The largest absolute Gasteiger partial charge is 0.224 e. The van der Waals surface area contributed by atoms with E-state index >= 15 is 0 Å². The lowest BCUT2D eigenvalue weighted by molar-refractivity contribution is 0.597. The molecule has 0 atom stereocenters. The molecule has 0 bridgehead atoms. The Bertz CT molecular complexity index is 551. The SMILES string of the molecule is CCCCCCS(=O)(=O)/C=C/Sc1ccc(Cl)cc1C. The van der Waals surface area contributed by atoms with E-state index in [0.29, 0.717) is 5.02 Å². The van der Waals surface area contributed by atoms with Gasteiger partial charge in [0.25, 0.3) is 0 Å². The highest BCUT2D eigenvalue weighted by Gasteiger charge is 2.05. The zero-order valence-electron chi connectivity index (χ0n) is 11.9. The summed E-state index contributed by atoms with van der Waals surface area (Å²) in [6.07, 6.45) is 3.93. The quantitative estimate of drug-likeness (QED) is 0.484. The fourth-order valence-electron chi connectivity index (χ4n) is 1.73. The van der Waals surface area contributed by atoms with E-state index < -0.39 is 9.84 Å². The minimum Gasteiger partial charge on any atom is -0.224 e. The highest BCUT2D eigenvalue weighted by atomic mass is 35.5. The Kier molecular flexibility index (Phi) is 7.70. The zero-order valence-corrected chi connectivity index (χ0v) is 14.3. The van der Waals surface area contributed by atoms with Gasteiger partial charge in [0.15, 0.2) is 9.84 Å². The average Bonchev–Trinajstić information content (AvgIpc) is 2.37. The predicted molar refractivity (Wildman–Crippen MR) is 89.1 cm³/mol. The summed E-state index contributed by atoms with van der Waals surface area (Å²) in [5.74, 6) is 0.240. The molecule has 0 amide bonds. The van der Waals surface area contributed by atoms with E-state index in [1.807, 2.05) is 25.1 Å². The Labute approximate surface area is 131 Å². The second-order valence-corrected chi connectivity index (χ2v) is 8.12. The van der Waals surface area contributed by atoms with Crippen LogP contribution in [0.2, 0.25) is 5.02 Å². The Hall–Kier alpha value is -0.450. The molecule has 0 heterocycles. The van der Waals surface area contributed by atoms with E-state index in [9.17, 15) is 8.42 Å². The maximum Gasteiger partial charge on any atom is 0.172 e. The van der Waals surface area contributed by atoms with Crippen LogP contribution in [0.3, 0.4) is 0 Å². The van der Waals surface area contributed by atoms with E-state index in [-0.39, 0.29) is 5.75 Å². The summed E-state index contributed by atoms with van der Waals surface area (Å²) < 4.78 is 23.6. The molecular weight excluding hydrogens is 312 g/mol. The minimum absolute atomic E-state index is 0.240. The number of halogens is 1. The van der Waals surface area contributed by atoms with Gasteiger partial charge in [0.2, 0.25) is 0 Å². The molecule has 0 unspecified atom stereocenters. The van der Waals surface area contributed by atoms with Gasteiger partial charge in [0.05, 0.1) is 5.75 Å². The Morgan fingerprint density at radius 1 is 1.25 bits per heavy atom. The van der Waals surface area contributed by atoms with Crippen LogP contribution < -0.4 is 0 Å². The first-order valence-electron chi connectivity index (χ1n) is 6.76. The predicted octanol–water partition coefficient (Wildman–Crippen LogP) is 5.21. The average molecular weight is 333 g/mol. The highest BCUT2D eigenvalue weighted by Crippen LogP contribution is 2.26. The van der Waals surface area contributed by atoms with Crippen LogP contribution in [0.15, 0.2) is 33.9 Å². The number of aryl methyl sites for hydroxylation is 1. The smallest absolute Gasteiger partial charge is 0.172 e. The molecule has 0 saturated heterocycles. The summed E-state index contributed by atoms with van der Waals surface area (Å²) in [5.41, 5.74) is 1.05. The molecular formula is C15H21ClO2S2. The monoisotopic (exact) mass is 332 g/mol. The van der Waals surface area contributed by atoms with Crippen molar-refractivity contribution in [3.05, 3.63) is 39.6 Å². The lowest BCUT2D eigenvalue weighted by atomic mass is 10.2. The van der Waals surface area contributed by atoms with Crippen molar-refractivity contribution < 1.29 is 8.42 Å². The second kappa shape index (κ2) is 8.75. The van der Waals surface area contributed by atoms with Crippen molar-refractivity contribution in [2.75, 3.05) is 5.75 Å². The summed E-state index contributed by atoms with van der Waals surface area (Å²) >= 11 is 7.29. The maximum atomic E-state index is 11.8. The molecule has 0 spiro atoms.